The van der Waals surface area contributed by atoms with Crippen LogP contribution in [0.25, 0.3) is 5.57 Å². The molecule has 98 valence electrons. The molecule has 0 fully saturated rings. The minimum Gasteiger partial charge on any atom is -0.384 e. The highest BCUT2D eigenvalue weighted by Gasteiger charge is 2.13. The van der Waals surface area contributed by atoms with E-state index in [1.165, 1.54) is 23.2 Å². The molecule has 0 aliphatic carbocycles. The lowest BCUT2D eigenvalue weighted by Gasteiger charge is -2.25. The predicted molar refractivity (Wildman–Crippen MR) is 76.7 cm³/mol. The highest BCUT2D eigenvalue weighted by Crippen LogP contribution is 2.25. The second-order valence-corrected chi connectivity index (χ2v) is 4.77. The fourth-order valence-electron chi connectivity index (χ4n) is 2.51. The van der Waals surface area contributed by atoms with Crippen molar-refractivity contribution in [1.82, 2.24) is 4.90 Å². The van der Waals surface area contributed by atoms with Gasteiger partial charge in [-0.05, 0) is 36.1 Å². The quantitative estimate of drug-likeness (QED) is 0.790. The Morgan fingerprint density at radius 3 is 2.78 bits per heavy atom. The normalized spacial score (nSPS) is 16.7. The van der Waals surface area contributed by atoms with E-state index in [-0.39, 0.29) is 0 Å². The molecule has 1 heterocycles. The predicted octanol–water partition coefficient (Wildman–Crippen LogP) is 2.98. The van der Waals surface area contributed by atoms with Gasteiger partial charge < -0.3 is 4.74 Å². The summed E-state index contributed by atoms with van der Waals surface area (Å²) in [6, 6.07) is 8.73. The van der Waals surface area contributed by atoms with Crippen LogP contribution in [0.3, 0.4) is 0 Å². The lowest BCUT2D eigenvalue weighted by Crippen LogP contribution is -2.28. The Morgan fingerprint density at radius 1 is 1.28 bits per heavy atom. The molecule has 2 heteroatoms. The molecule has 0 spiro atoms. The van der Waals surface area contributed by atoms with Crippen LogP contribution in [0.5, 0.6) is 0 Å². The number of likely N-dealkylation sites (N-methyl/N-ethyl adjacent to an activating group) is 1. The maximum atomic E-state index is 5.19. The minimum atomic E-state index is 0.797. The van der Waals surface area contributed by atoms with Crippen molar-refractivity contribution in [3.05, 3.63) is 41.5 Å². The Kier molecular flexibility index (Phi) is 4.97. The molecule has 2 rings (SSSR count). The van der Waals surface area contributed by atoms with Crippen molar-refractivity contribution < 1.29 is 4.74 Å². The first kappa shape index (κ1) is 13.3. The molecule has 0 radical (unpaired) electrons. The van der Waals surface area contributed by atoms with Gasteiger partial charge in [0.1, 0.15) is 0 Å². The first-order chi connectivity index (χ1) is 8.85. The summed E-state index contributed by atoms with van der Waals surface area (Å²) in [4.78, 5) is 2.47. The van der Waals surface area contributed by atoms with E-state index in [1.54, 1.807) is 7.11 Å². The molecular formula is C16H23NO. The summed E-state index contributed by atoms with van der Waals surface area (Å²) in [5.41, 5.74) is 4.34. The molecule has 18 heavy (non-hydrogen) atoms. The van der Waals surface area contributed by atoms with Gasteiger partial charge in [-0.2, -0.15) is 0 Å². The van der Waals surface area contributed by atoms with Gasteiger partial charge in [-0.1, -0.05) is 37.3 Å². The van der Waals surface area contributed by atoms with Gasteiger partial charge >= 0.3 is 0 Å². The molecule has 1 aliphatic rings. The Labute approximate surface area is 110 Å². The molecule has 0 bridgehead atoms. The second-order valence-electron chi connectivity index (χ2n) is 4.77. The molecule has 0 saturated heterocycles. The lowest BCUT2D eigenvalue weighted by molar-refractivity contribution is 0.202. The fourth-order valence-corrected chi connectivity index (χ4v) is 2.51. The standard InChI is InChI=1S/C16H23NO/c1-3-17-11-8-15(9-12-17)16-7-5-4-6-14(16)10-13-18-2/h4-8H,3,9-13H2,1-2H3. The lowest BCUT2D eigenvalue weighted by atomic mass is 9.93. The van der Waals surface area contributed by atoms with Crippen LogP contribution in [-0.4, -0.2) is 38.3 Å². The first-order valence-corrected chi connectivity index (χ1v) is 6.83. The molecule has 1 aromatic rings. The maximum Gasteiger partial charge on any atom is 0.0502 e. The molecule has 0 unspecified atom stereocenters. The molecular weight excluding hydrogens is 222 g/mol. The number of rotatable bonds is 5. The van der Waals surface area contributed by atoms with Crippen LogP contribution in [0.2, 0.25) is 0 Å². The average Bonchev–Trinajstić information content (AvgIpc) is 2.45. The van der Waals surface area contributed by atoms with Crippen LogP contribution in [0.1, 0.15) is 24.5 Å². The number of hydrogen-bond donors (Lipinski definition) is 0. The third-order valence-electron chi connectivity index (χ3n) is 3.68. The van der Waals surface area contributed by atoms with Gasteiger partial charge in [0, 0.05) is 20.2 Å². The molecule has 0 atom stereocenters. The van der Waals surface area contributed by atoms with Crippen LogP contribution in [0, 0.1) is 0 Å². The topological polar surface area (TPSA) is 12.5 Å². The van der Waals surface area contributed by atoms with Crippen molar-refractivity contribution in [3.8, 4) is 0 Å². The monoisotopic (exact) mass is 245 g/mol. The minimum absolute atomic E-state index is 0.797. The zero-order valence-electron chi connectivity index (χ0n) is 11.5. The van der Waals surface area contributed by atoms with Gasteiger partial charge in [-0.3, -0.25) is 4.90 Å². The van der Waals surface area contributed by atoms with Crippen LogP contribution < -0.4 is 0 Å². The van der Waals surface area contributed by atoms with E-state index in [4.69, 9.17) is 4.74 Å². The SMILES string of the molecule is CCN1CC=C(c2ccccc2CCOC)CC1. The van der Waals surface area contributed by atoms with Crippen LogP contribution in [0.15, 0.2) is 30.3 Å². The van der Waals surface area contributed by atoms with E-state index in [0.29, 0.717) is 0 Å². The zero-order valence-corrected chi connectivity index (χ0v) is 11.5. The number of benzene rings is 1. The molecule has 0 N–H and O–H groups in total. The van der Waals surface area contributed by atoms with Crippen LogP contribution in [-0.2, 0) is 11.2 Å². The van der Waals surface area contributed by atoms with Crippen LogP contribution in [0.4, 0.5) is 0 Å². The fraction of sp³-hybridized carbons (Fsp3) is 0.500. The largest absolute Gasteiger partial charge is 0.384 e. The summed E-state index contributed by atoms with van der Waals surface area (Å²) in [5, 5.41) is 0. The maximum absolute atomic E-state index is 5.19. The Morgan fingerprint density at radius 2 is 2.11 bits per heavy atom. The molecule has 1 aliphatic heterocycles. The summed E-state index contributed by atoms with van der Waals surface area (Å²) < 4.78 is 5.19. The van der Waals surface area contributed by atoms with Gasteiger partial charge in [0.05, 0.1) is 6.61 Å². The van der Waals surface area contributed by atoms with Gasteiger partial charge in [0.15, 0.2) is 0 Å². The number of methoxy groups -OCH3 is 1. The van der Waals surface area contributed by atoms with E-state index in [0.717, 1.165) is 32.5 Å². The van der Waals surface area contributed by atoms with Crippen molar-refractivity contribution in [1.29, 1.82) is 0 Å². The third-order valence-corrected chi connectivity index (χ3v) is 3.68. The summed E-state index contributed by atoms with van der Waals surface area (Å²) in [5.74, 6) is 0. The summed E-state index contributed by atoms with van der Waals surface area (Å²) >= 11 is 0. The first-order valence-electron chi connectivity index (χ1n) is 6.83. The molecule has 0 aromatic heterocycles. The Hall–Kier alpha value is -1.12. The summed E-state index contributed by atoms with van der Waals surface area (Å²) in [6.45, 7) is 6.44. The Balaban J connectivity index is 2.15. The van der Waals surface area contributed by atoms with Crippen molar-refractivity contribution in [2.45, 2.75) is 19.8 Å². The summed E-state index contributed by atoms with van der Waals surface area (Å²) in [6.07, 6.45) is 4.55. The average molecular weight is 245 g/mol. The van der Waals surface area contributed by atoms with Crippen molar-refractivity contribution in [3.63, 3.8) is 0 Å². The number of nitrogens with zero attached hydrogens (tertiary/aromatic N) is 1. The van der Waals surface area contributed by atoms with Gasteiger partial charge in [0.2, 0.25) is 0 Å². The van der Waals surface area contributed by atoms with Crippen molar-refractivity contribution >= 4 is 5.57 Å². The molecule has 0 saturated carbocycles. The van der Waals surface area contributed by atoms with Crippen LogP contribution >= 0.6 is 0 Å². The second kappa shape index (κ2) is 6.72. The van der Waals surface area contributed by atoms with Gasteiger partial charge in [-0.25, -0.2) is 0 Å². The van der Waals surface area contributed by atoms with Crippen molar-refractivity contribution in [2.75, 3.05) is 33.4 Å². The van der Waals surface area contributed by atoms with Gasteiger partial charge in [-0.15, -0.1) is 0 Å². The molecule has 2 nitrogen and oxygen atoms in total. The molecule has 1 aromatic carbocycles. The number of hydrogen-bond acceptors (Lipinski definition) is 2. The van der Waals surface area contributed by atoms with E-state index in [9.17, 15) is 0 Å². The smallest absolute Gasteiger partial charge is 0.0502 e. The summed E-state index contributed by atoms with van der Waals surface area (Å²) in [7, 11) is 1.77. The zero-order chi connectivity index (χ0) is 12.8. The Bertz CT molecular complexity index is 411. The van der Waals surface area contributed by atoms with E-state index >= 15 is 0 Å². The van der Waals surface area contributed by atoms with E-state index in [2.05, 4.69) is 42.2 Å². The highest BCUT2D eigenvalue weighted by molar-refractivity contribution is 5.69. The van der Waals surface area contributed by atoms with E-state index < -0.39 is 0 Å². The van der Waals surface area contributed by atoms with Crippen molar-refractivity contribution in [2.24, 2.45) is 0 Å². The van der Waals surface area contributed by atoms with E-state index in [1.807, 2.05) is 0 Å². The third kappa shape index (κ3) is 3.21. The highest BCUT2D eigenvalue weighted by atomic mass is 16.5. The van der Waals surface area contributed by atoms with Gasteiger partial charge in [0.25, 0.3) is 0 Å². The molecule has 0 amide bonds. The number of ether oxygens (including phenoxy) is 1.